The van der Waals surface area contributed by atoms with E-state index in [4.69, 9.17) is 10.00 Å². The van der Waals surface area contributed by atoms with Gasteiger partial charge in [0, 0.05) is 19.2 Å². The minimum Gasteiger partial charge on any atom is -0.484 e. The van der Waals surface area contributed by atoms with Crippen molar-refractivity contribution < 1.29 is 14.5 Å². The van der Waals surface area contributed by atoms with E-state index in [0.29, 0.717) is 18.7 Å². The average Bonchev–Trinajstić information content (AvgIpc) is 2.66. The molecule has 0 fully saturated rings. The molecule has 0 aliphatic carbocycles. The summed E-state index contributed by atoms with van der Waals surface area (Å²) in [5, 5.41) is 19.6. The molecule has 26 heavy (non-hydrogen) atoms. The zero-order valence-corrected chi connectivity index (χ0v) is 14.4. The third kappa shape index (κ3) is 5.31. The highest BCUT2D eigenvalue weighted by Crippen LogP contribution is 2.19. The normalized spacial score (nSPS) is 10.0. The number of nitro groups is 1. The van der Waals surface area contributed by atoms with Crippen LogP contribution in [0.3, 0.4) is 0 Å². The van der Waals surface area contributed by atoms with Crippen LogP contribution in [0.4, 0.5) is 5.69 Å². The maximum absolute atomic E-state index is 12.5. The fraction of sp³-hybridized carbons (Fsp3) is 0.263. The van der Waals surface area contributed by atoms with Crippen LogP contribution in [0, 0.1) is 21.4 Å². The van der Waals surface area contributed by atoms with Crippen molar-refractivity contribution in [3.8, 4) is 11.8 Å². The van der Waals surface area contributed by atoms with Gasteiger partial charge in [-0.25, -0.2) is 0 Å². The molecule has 0 atom stereocenters. The van der Waals surface area contributed by atoms with Gasteiger partial charge in [-0.15, -0.1) is 0 Å². The summed E-state index contributed by atoms with van der Waals surface area (Å²) in [5.74, 6) is 0.0742. The highest BCUT2D eigenvalue weighted by Gasteiger charge is 2.15. The number of benzene rings is 2. The lowest BCUT2D eigenvalue weighted by molar-refractivity contribution is -0.384. The maximum atomic E-state index is 12.5. The van der Waals surface area contributed by atoms with Crippen LogP contribution in [0.25, 0.3) is 0 Å². The molecular formula is C19H19N3O4. The number of carbonyl (C=O) groups excluding carboxylic acids is 1. The van der Waals surface area contributed by atoms with E-state index in [-0.39, 0.29) is 24.0 Å². The van der Waals surface area contributed by atoms with Gasteiger partial charge in [0.1, 0.15) is 5.75 Å². The second kappa shape index (κ2) is 9.18. The molecule has 0 aliphatic heterocycles. The second-order valence-electron chi connectivity index (χ2n) is 5.67. The fourth-order valence-corrected chi connectivity index (χ4v) is 2.39. The lowest BCUT2D eigenvalue weighted by Gasteiger charge is -2.22. The lowest BCUT2D eigenvalue weighted by atomic mass is 10.1. The summed E-state index contributed by atoms with van der Waals surface area (Å²) in [5.41, 5.74) is 1.40. The van der Waals surface area contributed by atoms with Gasteiger partial charge in [-0.3, -0.25) is 14.9 Å². The quantitative estimate of drug-likeness (QED) is 0.536. The lowest BCUT2D eigenvalue weighted by Crippen LogP contribution is -2.35. The monoisotopic (exact) mass is 353 g/mol. The first-order valence-electron chi connectivity index (χ1n) is 8.17. The topological polar surface area (TPSA) is 96.5 Å². The van der Waals surface area contributed by atoms with Crippen molar-refractivity contribution in [1.82, 2.24) is 4.90 Å². The Kier molecular flexibility index (Phi) is 6.68. The van der Waals surface area contributed by atoms with Gasteiger partial charge in [-0.05, 0) is 30.2 Å². The zero-order chi connectivity index (χ0) is 18.9. The standard InChI is InChI=1S/C19H19N3O4/c1-2-10-21(13-16-8-6-15(12-20)7-9-16)19(23)14-26-18-5-3-4-17(11-18)22(24)25/h3-9,11H,2,10,13-14H2,1H3. The number of hydrogen-bond donors (Lipinski definition) is 0. The van der Waals surface area contributed by atoms with E-state index in [1.807, 2.05) is 19.1 Å². The van der Waals surface area contributed by atoms with Gasteiger partial charge in [-0.2, -0.15) is 5.26 Å². The first kappa shape index (κ1) is 18.9. The summed E-state index contributed by atoms with van der Waals surface area (Å²) < 4.78 is 5.42. The van der Waals surface area contributed by atoms with Crippen LogP contribution in [0.15, 0.2) is 48.5 Å². The van der Waals surface area contributed by atoms with Gasteiger partial charge in [0.15, 0.2) is 6.61 Å². The van der Waals surface area contributed by atoms with E-state index in [0.717, 1.165) is 12.0 Å². The maximum Gasteiger partial charge on any atom is 0.273 e. The van der Waals surface area contributed by atoms with Gasteiger partial charge >= 0.3 is 0 Å². The minimum absolute atomic E-state index is 0.0852. The molecule has 0 aliphatic rings. The largest absolute Gasteiger partial charge is 0.484 e. The molecule has 0 saturated heterocycles. The predicted molar refractivity (Wildman–Crippen MR) is 95.5 cm³/mol. The molecule has 134 valence electrons. The summed E-state index contributed by atoms with van der Waals surface area (Å²) in [6, 6.07) is 14.9. The number of ether oxygens (including phenoxy) is 1. The Hall–Kier alpha value is -3.40. The van der Waals surface area contributed by atoms with E-state index in [9.17, 15) is 14.9 Å². The summed E-state index contributed by atoms with van der Waals surface area (Å²) in [6.07, 6.45) is 0.791. The summed E-state index contributed by atoms with van der Waals surface area (Å²) in [4.78, 5) is 24.4. The summed E-state index contributed by atoms with van der Waals surface area (Å²) in [6.45, 7) is 2.76. The second-order valence-corrected chi connectivity index (χ2v) is 5.67. The highest BCUT2D eigenvalue weighted by molar-refractivity contribution is 5.77. The van der Waals surface area contributed by atoms with Crippen LogP contribution in [-0.4, -0.2) is 28.9 Å². The number of hydrogen-bond acceptors (Lipinski definition) is 5. The molecule has 0 saturated carbocycles. The van der Waals surface area contributed by atoms with E-state index >= 15 is 0 Å². The third-order valence-corrected chi connectivity index (χ3v) is 3.69. The average molecular weight is 353 g/mol. The summed E-state index contributed by atoms with van der Waals surface area (Å²) >= 11 is 0. The Morgan fingerprint density at radius 1 is 1.27 bits per heavy atom. The summed E-state index contributed by atoms with van der Waals surface area (Å²) in [7, 11) is 0. The van der Waals surface area contributed by atoms with Gasteiger partial charge in [0.2, 0.25) is 0 Å². The molecule has 0 bridgehead atoms. The molecule has 2 aromatic carbocycles. The van der Waals surface area contributed by atoms with E-state index in [2.05, 4.69) is 6.07 Å². The first-order chi connectivity index (χ1) is 12.5. The van der Waals surface area contributed by atoms with Crippen LogP contribution >= 0.6 is 0 Å². The van der Waals surface area contributed by atoms with Crippen molar-refractivity contribution in [3.05, 3.63) is 69.8 Å². The molecule has 0 spiro atoms. The number of rotatable bonds is 8. The minimum atomic E-state index is -0.511. The molecule has 0 heterocycles. The molecule has 7 nitrogen and oxygen atoms in total. The fourth-order valence-electron chi connectivity index (χ4n) is 2.39. The SMILES string of the molecule is CCCN(Cc1ccc(C#N)cc1)C(=O)COc1cccc([N+](=O)[O-])c1. The molecule has 0 radical (unpaired) electrons. The van der Waals surface area contributed by atoms with E-state index in [1.54, 1.807) is 23.1 Å². The molecule has 2 aromatic rings. The number of non-ortho nitro benzene ring substituents is 1. The van der Waals surface area contributed by atoms with Gasteiger partial charge < -0.3 is 9.64 Å². The number of amides is 1. The van der Waals surface area contributed by atoms with Crippen LogP contribution in [0.2, 0.25) is 0 Å². The first-order valence-corrected chi connectivity index (χ1v) is 8.17. The van der Waals surface area contributed by atoms with E-state index in [1.165, 1.54) is 18.2 Å². The number of nitrogens with zero attached hydrogens (tertiary/aromatic N) is 3. The van der Waals surface area contributed by atoms with Gasteiger partial charge in [0.25, 0.3) is 11.6 Å². The Morgan fingerprint density at radius 2 is 2.00 bits per heavy atom. The molecule has 1 amide bonds. The zero-order valence-electron chi connectivity index (χ0n) is 14.4. The molecule has 2 rings (SSSR count). The van der Waals surface area contributed by atoms with Crippen LogP contribution in [0.1, 0.15) is 24.5 Å². The molecule has 0 unspecified atom stereocenters. The van der Waals surface area contributed by atoms with Crippen molar-refractivity contribution in [3.63, 3.8) is 0 Å². The van der Waals surface area contributed by atoms with Crippen molar-refractivity contribution >= 4 is 11.6 Å². The van der Waals surface area contributed by atoms with Crippen LogP contribution in [0.5, 0.6) is 5.75 Å². The Bertz CT molecular complexity index is 812. The van der Waals surface area contributed by atoms with Crippen molar-refractivity contribution in [1.29, 1.82) is 5.26 Å². The Labute approximate surface area is 151 Å². The number of nitriles is 1. The smallest absolute Gasteiger partial charge is 0.273 e. The molecule has 7 heteroatoms. The molecule has 0 aromatic heterocycles. The van der Waals surface area contributed by atoms with Crippen molar-refractivity contribution in [2.45, 2.75) is 19.9 Å². The third-order valence-electron chi connectivity index (χ3n) is 3.69. The Morgan fingerprint density at radius 3 is 2.62 bits per heavy atom. The van der Waals surface area contributed by atoms with Gasteiger partial charge in [0.05, 0.1) is 22.6 Å². The van der Waals surface area contributed by atoms with Crippen molar-refractivity contribution in [2.75, 3.05) is 13.2 Å². The number of carbonyl (C=O) groups is 1. The van der Waals surface area contributed by atoms with Crippen LogP contribution < -0.4 is 4.74 Å². The van der Waals surface area contributed by atoms with E-state index < -0.39 is 4.92 Å². The molecular weight excluding hydrogens is 334 g/mol. The van der Waals surface area contributed by atoms with Gasteiger partial charge in [-0.1, -0.05) is 25.1 Å². The molecule has 0 N–H and O–H groups in total. The highest BCUT2D eigenvalue weighted by atomic mass is 16.6. The number of nitro benzene ring substituents is 1. The van der Waals surface area contributed by atoms with Crippen LogP contribution in [-0.2, 0) is 11.3 Å². The van der Waals surface area contributed by atoms with Crippen molar-refractivity contribution in [2.24, 2.45) is 0 Å². The predicted octanol–water partition coefficient (Wildman–Crippen LogP) is 3.28. The Balaban J connectivity index is 2.00.